The van der Waals surface area contributed by atoms with E-state index in [4.69, 9.17) is 16.3 Å². The molecule has 0 bridgehead atoms. The van der Waals surface area contributed by atoms with Gasteiger partial charge in [-0.05, 0) is 26.8 Å². The predicted octanol–water partition coefficient (Wildman–Crippen LogP) is 1.78. The lowest BCUT2D eigenvalue weighted by molar-refractivity contribution is -0.148. The highest BCUT2D eigenvalue weighted by atomic mass is 35.5. The molecule has 0 saturated carbocycles. The average Bonchev–Trinajstić information content (AvgIpc) is 2.64. The summed E-state index contributed by atoms with van der Waals surface area (Å²) >= 11 is 5.96. The molecule has 1 atom stereocenters. The van der Waals surface area contributed by atoms with Crippen LogP contribution in [0.5, 0.6) is 0 Å². The van der Waals surface area contributed by atoms with Gasteiger partial charge in [0.1, 0.15) is 5.54 Å². The van der Waals surface area contributed by atoms with Crippen LogP contribution in [0.25, 0.3) is 0 Å². The summed E-state index contributed by atoms with van der Waals surface area (Å²) in [4.78, 5) is 11.9. The molecule has 1 heterocycles. The van der Waals surface area contributed by atoms with Crippen molar-refractivity contribution in [3.8, 4) is 0 Å². The summed E-state index contributed by atoms with van der Waals surface area (Å²) in [6, 6.07) is 0. The minimum atomic E-state index is -0.799. The fourth-order valence-electron chi connectivity index (χ4n) is 1.72. The molecule has 1 unspecified atom stereocenters. The second kappa shape index (κ2) is 6.20. The highest BCUT2D eigenvalue weighted by Gasteiger charge is 2.34. The first kappa shape index (κ1) is 15.0. The largest absolute Gasteiger partial charge is 0.468 e. The van der Waals surface area contributed by atoms with Crippen molar-refractivity contribution < 1.29 is 9.53 Å². The Kier molecular flexibility index (Phi) is 5.16. The normalized spacial score (nSPS) is 14.3. The van der Waals surface area contributed by atoms with Crippen molar-refractivity contribution in [3.63, 3.8) is 0 Å². The van der Waals surface area contributed by atoms with Gasteiger partial charge in [0.05, 0.1) is 24.4 Å². The summed E-state index contributed by atoms with van der Waals surface area (Å²) < 4.78 is 6.51. The molecule has 0 spiro atoms. The van der Waals surface area contributed by atoms with Gasteiger partial charge in [0.2, 0.25) is 0 Å². The first-order valence-corrected chi connectivity index (χ1v) is 6.33. The SMILES string of the molecule is CCCNC(C)(Cn1cc(Cl)c(C)n1)C(=O)OC. The molecule has 0 saturated heterocycles. The van der Waals surface area contributed by atoms with Crippen LogP contribution in [0.15, 0.2) is 6.20 Å². The molecule has 18 heavy (non-hydrogen) atoms. The number of halogens is 1. The van der Waals surface area contributed by atoms with E-state index in [0.717, 1.165) is 18.7 Å². The number of methoxy groups -OCH3 is 1. The van der Waals surface area contributed by atoms with Gasteiger partial charge >= 0.3 is 5.97 Å². The molecule has 1 N–H and O–H groups in total. The fraction of sp³-hybridized carbons (Fsp3) is 0.667. The van der Waals surface area contributed by atoms with Crippen LogP contribution in [-0.2, 0) is 16.1 Å². The number of rotatable bonds is 6. The first-order chi connectivity index (χ1) is 8.42. The average molecular weight is 274 g/mol. The molecule has 5 nitrogen and oxygen atoms in total. The van der Waals surface area contributed by atoms with E-state index in [0.29, 0.717) is 11.6 Å². The number of aryl methyl sites for hydroxylation is 1. The molecule has 102 valence electrons. The molecule has 0 fully saturated rings. The van der Waals surface area contributed by atoms with Crippen molar-refractivity contribution in [2.24, 2.45) is 0 Å². The van der Waals surface area contributed by atoms with Gasteiger partial charge in [0.25, 0.3) is 0 Å². The second-order valence-electron chi connectivity index (χ2n) is 4.51. The highest BCUT2D eigenvalue weighted by molar-refractivity contribution is 6.31. The van der Waals surface area contributed by atoms with E-state index < -0.39 is 5.54 Å². The van der Waals surface area contributed by atoms with Gasteiger partial charge in [0.15, 0.2) is 0 Å². The second-order valence-corrected chi connectivity index (χ2v) is 4.92. The fourth-order valence-corrected chi connectivity index (χ4v) is 1.87. The van der Waals surface area contributed by atoms with Crippen LogP contribution in [0, 0.1) is 6.92 Å². The number of ether oxygens (including phenoxy) is 1. The Hall–Kier alpha value is -1.07. The minimum Gasteiger partial charge on any atom is -0.468 e. The van der Waals surface area contributed by atoms with Gasteiger partial charge < -0.3 is 10.1 Å². The van der Waals surface area contributed by atoms with Crippen LogP contribution in [0.4, 0.5) is 0 Å². The van der Waals surface area contributed by atoms with E-state index in [1.165, 1.54) is 7.11 Å². The molecule has 0 amide bonds. The monoisotopic (exact) mass is 273 g/mol. The van der Waals surface area contributed by atoms with E-state index in [1.54, 1.807) is 17.8 Å². The van der Waals surface area contributed by atoms with Crippen molar-refractivity contribution in [1.82, 2.24) is 15.1 Å². The number of carbonyl (C=O) groups is 1. The molecule has 1 aromatic heterocycles. The van der Waals surface area contributed by atoms with Gasteiger partial charge in [-0.25, -0.2) is 4.79 Å². The third kappa shape index (κ3) is 3.46. The quantitative estimate of drug-likeness (QED) is 0.803. The summed E-state index contributed by atoms with van der Waals surface area (Å²) in [6.45, 7) is 6.79. The Labute approximate surface area is 112 Å². The summed E-state index contributed by atoms with van der Waals surface area (Å²) in [5, 5.41) is 8.05. The first-order valence-electron chi connectivity index (χ1n) is 5.96. The van der Waals surface area contributed by atoms with Gasteiger partial charge in [-0.1, -0.05) is 18.5 Å². The molecule has 0 aromatic carbocycles. The molecule has 6 heteroatoms. The molecule has 1 aromatic rings. The van der Waals surface area contributed by atoms with Crippen molar-refractivity contribution in [2.75, 3.05) is 13.7 Å². The van der Waals surface area contributed by atoms with Crippen molar-refractivity contribution in [1.29, 1.82) is 0 Å². The minimum absolute atomic E-state index is 0.305. The zero-order chi connectivity index (χ0) is 13.8. The van der Waals surface area contributed by atoms with Gasteiger partial charge in [-0.3, -0.25) is 4.68 Å². The molecular weight excluding hydrogens is 254 g/mol. The summed E-state index contributed by atoms with van der Waals surface area (Å²) in [6.07, 6.45) is 2.65. The van der Waals surface area contributed by atoms with E-state index in [2.05, 4.69) is 10.4 Å². The standard InChI is InChI=1S/C12H20ClN3O2/c1-5-6-14-12(3,11(17)18-4)8-16-7-10(13)9(2)15-16/h7,14H,5-6,8H2,1-4H3. The zero-order valence-electron chi connectivity index (χ0n) is 11.3. The Morgan fingerprint density at radius 1 is 1.67 bits per heavy atom. The summed E-state index contributed by atoms with van der Waals surface area (Å²) in [7, 11) is 1.38. The Morgan fingerprint density at radius 2 is 2.33 bits per heavy atom. The van der Waals surface area contributed by atoms with Gasteiger partial charge in [-0.15, -0.1) is 0 Å². The number of nitrogens with zero attached hydrogens (tertiary/aromatic N) is 2. The summed E-state index contributed by atoms with van der Waals surface area (Å²) in [5.74, 6) is -0.305. The maximum Gasteiger partial charge on any atom is 0.327 e. The maximum absolute atomic E-state index is 11.9. The van der Waals surface area contributed by atoms with E-state index in [1.807, 2.05) is 13.8 Å². The molecule has 0 aliphatic rings. The topological polar surface area (TPSA) is 56.2 Å². The lowest BCUT2D eigenvalue weighted by Gasteiger charge is -2.27. The number of hydrogen-bond donors (Lipinski definition) is 1. The van der Waals surface area contributed by atoms with E-state index >= 15 is 0 Å². The molecule has 0 aliphatic carbocycles. The lowest BCUT2D eigenvalue weighted by atomic mass is 10.0. The Balaban J connectivity index is 2.87. The van der Waals surface area contributed by atoms with Crippen LogP contribution < -0.4 is 5.32 Å². The number of nitrogens with one attached hydrogen (secondary N) is 1. The molecule has 0 radical (unpaired) electrons. The van der Waals surface area contributed by atoms with Crippen LogP contribution in [0.3, 0.4) is 0 Å². The number of esters is 1. The Morgan fingerprint density at radius 3 is 2.78 bits per heavy atom. The van der Waals surface area contributed by atoms with Crippen LogP contribution in [-0.4, -0.2) is 34.9 Å². The molecular formula is C12H20ClN3O2. The highest BCUT2D eigenvalue weighted by Crippen LogP contribution is 2.16. The zero-order valence-corrected chi connectivity index (χ0v) is 12.0. The van der Waals surface area contributed by atoms with Crippen molar-refractivity contribution in [2.45, 2.75) is 39.3 Å². The van der Waals surface area contributed by atoms with Gasteiger partial charge in [0, 0.05) is 6.20 Å². The number of aromatic nitrogens is 2. The third-order valence-corrected chi connectivity index (χ3v) is 3.14. The predicted molar refractivity (Wildman–Crippen MR) is 70.7 cm³/mol. The van der Waals surface area contributed by atoms with Gasteiger partial charge in [-0.2, -0.15) is 5.10 Å². The molecule has 0 aliphatic heterocycles. The third-order valence-electron chi connectivity index (χ3n) is 2.77. The smallest absolute Gasteiger partial charge is 0.327 e. The number of hydrogen-bond acceptors (Lipinski definition) is 4. The van der Waals surface area contributed by atoms with Crippen molar-refractivity contribution >= 4 is 17.6 Å². The molecule has 1 rings (SSSR count). The summed E-state index contributed by atoms with van der Waals surface area (Å²) in [5.41, 5.74) is -0.0496. The number of carbonyl (C=O) groups excluding carboxylic acids is 1. The Bertz CT molecular complexity index is 400. The maximum atomic E-state index is 11.9. The van der Waals surface area contributed by atoms with Crippen molar-refractivity contribution in [3.05, 3.63) is 16.9 Å². The van der Waals surface area contributed by atoms with Crippen LogP contribution in [0.2, 0.25) is 5.02 Å². The van der Waals surface area contributed by atoms with Crippen LogP contribution >= 0.6 is 11.6 Å². The lowest BCUT2D eigenvalue weighted by Crippen LogP contribution is -2.53. The van der Waals surface area contributed by atoms with Crippen LogP contribution in [0.1, 0.15) is 26.0 Å². The van der Waals surface area contributed by atoms with E-state index in [9.17, 15) is 4.79 Å². The van der Waals surface area contributed by atoms with E-state index in [-0.39, 0.29) is 5.97 Å².